The van der Waals surface area contributed by atoms with Crippen molar-refractivity contribution in [2.24, 2.45) is 11.1 Å². The van der Waals surface area contributed by atoms with Crippen LogP contribution in [0, 0.1) is 16.7 Å². The van der Waals surface area contributed by atoms with E-state index in [1.807, 2.05) is 12.1 Å². The van der Waals surface area contributed by atoms with E-state index >= 15 is 0 Å². The summed E-state index contributed by atoms with van der Waals surface area (Å²) < 4.78 is 5.90. The predicted molar refractivity (Wildman–Crippen MR) is 122 cm³/mol. The molecule has 0 radical (unpaired) electrons. The van der Waals surface area contributed by atoms with Gasteiger partial charge in [-0.2, -0.15) is 5.26 Å². The number of ether oxygens (including phenoxy) is 1. The summed E-state index contributed by atoms with van der Waals surface area (Å²) in [6.07, 6.45) is 6.74. The lowest BCUT2D eigenvalue weighted by molar-refractivity contribution is -0.0848. The number of nitrogens with two attached hydrogens (primary N) is 1. The Morgan fingerprint density at radius 3 is 2.61 bits per heavy atom. The first-order valence-corrected chi connectivity index (χ1v) is 11.4. The molecular weight excluding hydrogens is 438 g/mol. The van der Waals surface area contributed by atoms with Gasteiger partial charge in [0.2, 0.25) is 5.88 Å². The zero-order valence-electron chi connectivity index (χ0n) is 17.7. The number of primary amides is 1. The molecule has 2 saturated carbocycles. The second-order valence-electron chi connectivity index (χ2n) is 8.67. The second-order valence-corrected chi connectivity index (χ2v) is 9.70. The highest BCUT2D eigenvalue weighted by Gasteiger charge is 2.54. The van der Waals surface area contributed by atoms with Crippen LogP contribution in [0.2, 0.25) is 0 Å². The van der Waals surface area contributed by atoms with Crippen molar-refractivity contribution in [2.75, 3.05) is 0 Å². The topological polar surface area (TPSA) is 131 Å². The summed E-state index contributed by atoms with van der Waals surface area (Å²) in [6.45, 7) is 0. The van der Waals surface area contributed by atoms with Gasteiger partial charge in [0.05, 0.1) is 17.8 Å². The molecule has 1 spiro atoms. The number of hydrogen-bond donors (Lipinski definition) is 2. The summed E-state index contributed by atoms with van der Waals surface area (Å²) in [7, 11) is 0. The maximum atomic E-state index is 12.7. The first kappa shape index (κ1) is 21.1. The summed E-state index contributed by atoms with van der Waals surface area (Å²) in [6, 6.07) is 12.6. The molecule has 0 aliphatic heterocycles. The van der Waals surface area contributed by atoms with Gasteiger partial charge in [-0.1, -0.05) is 12.1 Å². The molecule has 166 valence electrons. The molecule has 0 unspecified atom stereocenters. The van der Waals surface area contributed by atoms with Gasteiger partial charge < -0.3 is 15.8 Å². The summed E-state index contributed by atoms with van der Waals surface area (Å²) in [5.41, 5.74) is 7.33. The normalized spacial score (nSPS) is 23.1. The molecule has 0 saturated heterocycles. The number of pyridine rings is 1. The van der Waals surface area contributed by atoms with Crippen molar-refractivity contribution in [1.29, 1.82) is 5.26 Å². The minimum absolute atomic E-state index is 0.00567. The zero-order valence-corrected chi connectivity index (χ0v) is 18.5. The summed E-state index contributed by atoms with van der Waals surface area (Å²) in [5.74, 6) is -0.375. The van der Waals surface area contributed by atoms with Crippen molar-refractivity contribution < 1.29 is 14.3 Å². The van der Waals surface area contributed by atoms with Gasteiger partial charge in [0.15, 0.2) is 0 Å². The van der Waals surface area contributed by atoms with Gasteiger partial charge in [0.1, 0.15) is 21.6 Å². The number of benzene rings is 1. The molecular formula is C24H21N5O3S. The molecule has 2 amide bonds. The number of rotatable bonds is 6. The minimum Gasteiger partial charge on any atom is -0.474 e. The van der Waals surface area contributed by atoms with Crippen LogP contribution in [0.1, 0.15) is 51.3 Å². The van der Waals surface area contributed by atoms with E-state index < -0.39 is 5.91 Å². The van der Waals surface area contributed by atoms with Crippen molar-refractivity contribution in [2.45, 2.75) is 37.8 Å². The Labute approximate surface area is 194 Å². The number of hydrogen-bond acceptors (Lipinski definition) is 7. The molecule has 2 fully saturated rings. The van der Waals surface area contributed by atoms with Crippen LogP contribution in [0.15, 0.2) is 48.8 Å². The summed E-state index contributed by atoms with van der Waals surface area (Å²) >= 11 is 1.34. The van der Waals surface area contributed by atoms with Gasteiger partial charge >= 0.3 is 0 Å². The van der Waals surface area contributed by atoms with Crippen LogP contribution >= 0.6 is 11.3 Å². The van der Waals surface area contributed by atoms with Crippen LogP contribution in [0.4, 0.5) is 0 Å². The Morgan fingerprint density at radius 2 is 1.91 bits per heavy atom. The lowest BCUT2D eigenvalue weighted by Crippen LogP contribution is -2.58. The fraction of sp³-hybridized carbons (Fsp3) is 0.292. The fourth-order valence-electron chi connectivity index (χ4n) is 4.70. The van der Waals surface area contributed by atoms with E-state index in [9.17, 15) is 9.59 Å². The molecule has 0 atom stereocenters. The fourth-order valence-corrected chi connectivity index (χ4v) is 5.52. The highest BCUT2D eigenvalue weighted by molar-refractivity contribution is 7.16. The number of amides is 2. The number of aromatic nitrogens is 2. The third kappa shape index (κ3) is 4.17. The van der Waals surface area contributed by atoms with Crippen LogP contribution in [-0.2, 0) is 0 Å². The van der Waals surface area contributed by atoms with E-state index in [2.05, 4.69) is 21.4 Å². The van der Waals surface area contributed by atoms with Crippen molar-refractivity contribution in [1.82, 2.24) is 15.3 Å². The Balaban J connectivity index is 1.11. The SMILES string of the molecule is N#Cc1ccc(-c2ncc(C(=O)NC3CC4(C3)CC(Oc3ncccc3C(N)=O)C4)s2)cc1. The highest BCUT2D eigenvalue weighted by atomic mass is 32.1. The van der Waals surface area contributed by atoms with Gasteiger partial charge in [-0.05, 0) is 55.4 Å². The minimum atomic E-state index is -0.552. The van der Waals surface area contributed by atoms with Gasteiger partial charge in [0, 0.05) is 17.8 Å². The first-order valence-electron chi connectivity index (χ1n) is 10.6. The average molecular weight is 460 g/mol. The van der Waals surface area contributed by atoms with Gasteiger partial charge in [-0.25, -0.2) is 9.97 Å². The lowest BCUT2D eigenvalue weighted by Gasteiger charge is -2.57. The monoisotopic (exact) mass is 459 g/mol. The van der Waals surface area contributed by atoms with E-state index in [4.69, 9.17) is 15.7 Å². The van der Waals surface area contributed by atoms with Crippen LogP contribution < -0.4 is 15.8 Å². The third-order valence-corrected chi connectivity index (χ3v) is 7.37. The standard InChI is InChI=1S/C24H21N5O3S/c25-12-14-3-5-15(6-4-14)23-28-13-19(33-23)21(31)29-16-8-24(9-16)10-17(11-24)32-22-18(20(26)30)2-1-7-27-22/h1-7,13,16-17H,8-11H2,(H2,26,30)(H,29,31). The van der Waals surface area contributed by atoms with Crippen LogP contribution in [0.25, 0.3) is 10.6 Å². The average Bonchev–Trinajstić information content (AvgIpc) is 3.27. The van der Waals surface area contributed by atoms with Crippen molar-refractivity contribution in [3.05, 3.63) is 64.8 Å². The van der Waals surface area contributed by atoms with Crippen molar-refractivity contribution >= 4 is 23.2 Å². The van der Waals surface area contributed by atoms with E-state index in [-0.39, 0.29) is 29.3 Å². The molecule has 8 nitrogen and oxygen atoms in total. The molecule has 2 aromatic heterocycles. The Kier molecular flexibility index (Phi) is 5.30. The summed E-state index contributed by atoms with van der Waals surface area (Å²) in [4.78, 5) is 33.2. The van der Waals surface area contributed by atoms with E-state index in [0.29, 0.717) is 16.0 Å². The number of carbonyl (C=O) groups excluding carboxylic acids is 2. The lowest BCUT2D eigenvalue weighted by atomic mass is 9.53. The third-order valence-electron chi connectivity index (χ3n) is 6.32. The van der Waals surface area contributed by atoms with Gasteiger partial charge in [0.25, 0.3) is 11.8 Å². The smallest absolute Gasteiger partial charge is 0.263 e. The molecule has 3 aromatic rings. The van der Waals surface area contributed by atoms with Crippen LogP contribution in [-0.4, -0.2) is 33.9 Å². The van der Waals surface area contributed by atoms with Crippen LogP contribution in [0.3, 0.4) is 0 Å². The molecule has 2 heterocycles. The maximum Gasteiger partial charge on any atom is 0.263 e. The molecule has 3 N–H and O–H groups in total. The Morgan fingerprint density at radius 1 is 1.15 bits per heavy atom. The molecule has 2 aliphatic rings. The number of nitrogens with zero attached hydrogens (tertiary/aromatic N) is 3. The number of nitrogens with one attached hydrogen (secondary N) is 1. The van der Waals surface area contributed by atoms with Crippen molar-refractivity contribution in [3.63, 3.8) is 0 Å². The molecule has 9 heteroatoms. The molecule has 5 rings (SSSR count). The first-order chi connectivity index (χ1) is 15.9. The zero-order chi connectivity index (χ0) is 23.0. The molecule has 0 bridgehead atoms. The Hall–Kier alpha value is -3.77. The van der Waals surface area contributed by atoms with E-state index in [1.54, 1.807) is 36.7 Å². The summed E-state index contributed by atoms with van der Waals surface area (Å²) in [5, 5.41) is 12.8. The highest BCUT2D eigenvalue weighted by Crippen LogP contribution is 2.56. The maximum absolute atomic E-state index is 12.7. The van der Waals surface area contributed by atoms with Gasteiger partial charge in [-0.15, -0.1) is 11.3 Å². The van der Waals surface area contributed by atoms with E-state index in [0.717, 1.165) is 36.3 Å². The molecule has 33 heavy (non-hydrogen) atoms. The second kappa shape index (κ2) is 8.30. The quantitative estimate of drug-likeness (QED) is 0.581. The van der Waals surface area contributed by atoms with E-state index in [1.165, 1.54) is 11.3 Å². The number of carbonyl (C=O) groups is 2. The number of nitriles is 1. The van der Waals surface area contributed by atoms with Crippen molar-refractivity contribution in [3.8, 4) is 22.5 Å². The molecule has 1 aromatic carbocycles. The predicted octanol–water partition coefficient (Wildman–Crippen LogP) is 3.30. The van der Waals surface area contributed by atoms with Crippen LogP contribution in [0.5, 0.6) is 5.88 Å². The Bertz CT molecular complexity index is 1250. The van der Waals surface area contributed by atoms with Gasteiger partial charge in [-0.3, -0.25) is 9.59 Å². The molecule has 2 aliphatic carbocycles. The largest absolute Gasteiger partial charge is 0.474 e. The number of thiazole rings is 1.